The van der Waals surface area contributed by atoms with Gasteiger partial charge in [-0.15, -0.1) is 0 Å². The molecular weight excluding hydrogens is 106 g/mol. The van der Waals surface area contributed by atoms with Gasteiger partial charge < -0.3 is 14.8 Å². The summed E-state index contributed by atoms with van der Waals surface area (Å²) in [4.78, 5) is 0. The number of fused-ring (bicyclic) bond motifs is 1. The first-order valence-electron chi connectivity index (χ1n) is 3.03. The molecular formula is C5H10NO2+. The van der Waals surface area contributed by atoms with Crippen molar-refractivity contribution >= 4 is 0 Å². The number of nitrogens with two attached hydrogens (primary N) is 1. The lowest BCUT2D eigenvalue weighted by atomic mass is 10.2. The summed E-state index contributed by atoms with van der Waals surface area (Å²) < 4.78 is 10.6. The van der Waals surface area contributed by atoms with Crippen molar-refractivity contribution < 1.29 is 14.8 Å². The lowest BCUT2D eigenvalue weighted by Gasteiger charge is -2.36. The van der Waals surface area contributed by atoms with Crippen LogP contribution in [0.25, 0.3) is 0 Å². The zero-order chi connectivity index (χ0) is 5.40. The second-order valence-corrected chi connectivity index (χ2v) is 2.22. The Balaban J connectivity index is 1.92. The van der Waals surface area contributed by atoms with Gasteiger partial charge in [0.05, 0.1) is 13.2 Å². The minimum absolute atomic E-state index is 0.337. The Bertz CT molecular complexity index is 84.4. The normalized spacial score (nSPS) is 45.0. The predicted octanol–water partition coefficient (Wildman–Crippen LogP) is -1.70. The molecule has 0 aromatic carbocycles. The van der Waals surface area contributed by atoms with E-state index in [1.54, 1.807) is 0 Å². The fraction of sp³-hybridized carbons (Fsp3) is 1.00. The van der Waals surface area contributed by atoms with Crippen LogP contribution >= 0.6 is 0 Å². The van der Waals surface area contributed by atoms with Gasteiger partial charge in [-0.05, 0) is 0 Å². The van der Waals surface area contributed by atoms with E-state index in [1.165, 1.54) is 0 Å². The minimum atomic E-state index is 0.337. The van der Waals surface area contributed by atoms with Crippen molar-refractivity contribution in [3.05, 3.63) is 0 Å². The third-order valence-corrected chi connectivity index (χ3v) is 1.69. The molecule has 2 saturated heterocycles. The van der Waals surface area contributed by atoms with Gasteiger partial charge in [-0.25, -0.2) is 0 Å². The summed E-state index contributed by atoms with van der Waals surface area (Å²) in [5, 5.41) is 2.16. The van der Waals surface area contributed by atoms with Crippen LogP contribution in [0.2, 0.25) is 0 Å². The molecule has 2 aliphatic rings. The Morgan fingerprint density at radius 1 is 1.25 bits per heavy atom. The lowest BCUT2D eigenvalue weighted by molar-refractivity contribution is -0.805. The van der Waals surface area contributed by atoms with E-state index in [4.69, 9.17) is 9.47 Å². The molecule has 3 heteroatoms. The van der Waals surface area contributed by atoms with Crippen LogP contribution in [0, 0.1) is 0 Å². The van der Waals surface area contributed by atoms with Crippen LogP contribution in [-0.2, 0) is 9.47 Å². The third-order valence-electron chi connectivity index (χ3n) is 1.69. The molecule has 0 spiro atoms. The van der Waals surface area contributed by atoms with Crippen molar-refractivity contribution in [2.75, 3.05) is 19.8 Å². The van der Waals surface area contributed by atoms with Crippen molar-refractivity contribution in [2.24, 2.45) is 0 Å². The first kappa shape index (κ1) is 4.73. The Morgan fingerprint density at radius 3 is 2.50 bits per heavy atom. The fourth-order valence-corrected chi connectivity index (χ4v) is 1.08. The molecule has 2 fully saturated rings. The van der Waals surface area contributed by atoms with Crippen molar-refractivity contribution in [2.45, 2.75) is 12.3 Å². The van der Waals surface area contributed by atoms with Crippen LogP contribution in [-0.4, -0.2) is 32.1 Å². The Kier molecular flexibility index (Phi) is 0.997. The summed E-state index contributed by atoms with van der Waals surface area (Å²) in [7, 11) is 0. The van der Waals surface area contributed by atoms with E-state index in [0.717, 1.165) is 19.8 Å². The van der Waals surface area contributed by atoms with Gasteiger partial charge in [-0.2, -0.15) is 0 Å². The highest BCUT2D eigenvalue weighted by atomic mass is 16.6. The van der Waals surface area contributed by atoms with Crippen LogP contribution in [0.5, 0.6) is 0 Å². The first-order valence-corrected chi connectivity index (χ1v) is 3.03. The van der Waals surface area contributed by atoms with Crippen LogP contribution in [0.4, 0.5) is 0 Å². The summed E-state index contributed by atoms with van der Waals surface area (Å²) in [5.74, 6) is 0. The average Bonchev–Trinajstić information content (AvgIpc) is 1.72. The Morgan fingerprint density at radius 2 is 2.12 bits per heavy atom. The predicted molar refractivity (Wildman–Crippen MR) is 26.3 cm³/mol. The number of ether oxygens (including phenoxy) is 2. The maximum absolute atomic E-state index is 5.32. The van der Waals surface area contributed by atoms with E-state index in [9.17, 15) is 0 Å². The minimum Gasteiger partial charge on any atom is -0.361 e. The van der Waals surface area contributed by atoms with Crippen LogP contribution in [0.15, 0.2) is 0 Å². The summed E-state index contributed by atoms with van der Waals surface area (Å²) in [6.45, 7) is 2.65. The highest BCUT2D eigenvalue weighted by Gasteiger charge is 2.39. The van der Waals surface area contributed by atoms with Crippen molar-refractivity contribution in [1.82, 2.24) is 0 Å². The SMILES string of the molecule is C1COC2[NH2+]CC2O1. The Hall–Kier alpha value is -0.120. The number of rotatable bonds is 0. The number of quaternary nitrogens is 1. The quantitative estimate of drug-likeness (QED) is 0.409. The highest BCUT2D eigenvalue weighted by molar-refractivity contribution is 4.68. The van der Waals surface area contributed by atoms with Gasteiger partial charge in [-0.3, -0.25) is 0 Å². The van der Waals surface area contributed by atoms with Gasteiger partial charge in [0.25, 0.3) is 0 Å². The molecule has 3 nitrogen and oxygen atoms in total. The molecule has 0 saturated carbocycles. The number of hydrogen-bond donors (Lipinski definition) is 1. The van der Waals surface area contributed by atoms with Crippen LogP contribution in [0.3, 0.4) is 0 Å². The molecule has 0 aliphatic carbocycles. The first-order chi connectivity index (χ1) is 3.97. The van der Waals surface area contributed by atoms with E-state index in [1.807, 2.05) is 0 Å². The summed E-state index contributed by atoms with van der Waals surface area (Å²) in [5.41, 5.74) is 0. The van der Waals surface area contributed by atoms with E-state index >= 15 is 0 Å². The van der Waals surface area contributed by atoms with Gasteiger partial charge in [0.15, 0.2) is 6.10 Å². The molecule has 0 aromatic heterocycles. The largest absolute Gasteiger partial charge is 0.361 e. The molecule has 2 N–H and O–H groups in total. The third kappa shape index (κ3) is 0.555. The van der Waals surface area contributed by atoms with Gasteiger partial charge in [-0.1, -0.05) is 0 Å². The molecule has 2 rings (SSSR count). The molecule has 0 bridgehead atoms. The molecule has 0 radical (unpaired) electrons. The lowest BCUT2D eigenvalue weighted by Crippen LogP contribution is -3.05. The van der Waals surface area contributed by atoms with Gasteiger partial charge in [0.2, 0.25) is 6.23 Å². The standard InChI is InChI=1S/C5H9NO2/c1-2-8-5-4(7-1)3-6-5/h4-6H,1-3H2/p+1. The van der Waals surface area contributed by atoms with Gasteiger partial charge in [0.1, 0.15) is 6.54 Å². The zero-order valence-electron chi connectivity index (χ0n) is 4.67. The molecule has 0 aromatic rings. The van der Waals surface area contributed by atoms with Crippen LogP contribution < -0.4 is 5.32 Å². The Labute approximate surface area is 48.0 Å². The van der Waals surface area contributed by atoms with Crippen molar-refractivity contribution in [1.29, 1.82) is 0 Å². The smallest absolute Gasteiger partial charge is 0.222 e. The monoisotopic (exact) mass is 116 g/mol. The summed E-state index contributed by atoms with van der Waals surface area (Å²) in [6, 6.07) is 0. The van der Waals surface area contributed by atoms with Crippen LogP contribution in [0.1, 0.15) is 0 Å². The highest BCUT2D eigenvalue weighted by Crippen LogP contribution is 2.06. The molecule has 2 heterocycles. The van der Waals surface area contributed by atoms with E-state index < -0.39 is 0 Å². The van der Waals surface area contributed by atoms with Gasteiger partial charge in [0, 0.05) is 0 Å². The molecule has 2 unspecified atom stereocenters. The van der Waals surface area contributed by atoms with Crippen molar-refractivity contribution in [3.8, 4) is 0 Å². The molecule has 2 aliphatic heterocycles. The average molecular weight is 116 g/mol. The molecule has 46 valence electrons. The number of hydrogen-bond acceptors (Lipinski definition) is 2. The summed E-state index contributed by atoms with van der Waals surface area (Å²) >= 11 is 0. The zero-order valence-corrected chi connectivity index (χ0v) is 4.67. The maximum Gasteiger partial charge on any atom is 0.222 e. The fourth-order valence-electron chi connectivity index (χ4n) is 1.08. The maximum atomic E-state index is 5.32. The van der Waals surface area contributed by atoms with Gasteiger partial charge >= 0.3 is 0 Å². The second-order valence-electron chi connectivity index (χ2n) is 2.22. The van der Waals surface area contributed by atoms with E-state index in [0.29, 0.717) is 12.3 Å². The summed E-state index contributed by atoms with van der Waals surface area (Å²) in [6.07, 6.45) is 0.743. The topological polar surface area (TPSA) is 35.1 Å². The molecule has 2 atom stereocenters. The van der Waals surface area contributed by atoms with Crippen molar-refractivity contribution in [3.63, 3.8) is 0 Å². The molecule has 8 heavy (non-hydrogen) atoms. The van der Waals surface area contributed by atoms with E-state index in [2.05, 4.69) is 5.32 Å². The second kappa shape index (κ2) is 1.69. The van der Waals surface area contributed by atoms with E-state index in [-0.39, 0.29) is 0 Å². The molecule has 0 amide bonds.